The van der Waals surface area contributed by atoms with Crippen molar-refractivity contribution in [3.63, 3.8) is 0 Å². The second-order valence-electron chi connectivity index (χ2n) is 4.05. The highest BCUT2D eigenvalue weighted by atomic mass is 79.9. The number of nitrogens with two attached hydrogens (primary N) is 2. The molecule has 5 nitrogen and oxygen atoms in total. The van der Waals surface area contributed by atoms with Gasteiger partial charge in [-0.15, -0.1) is 0 Å². The van der Waals surface area contributed by atoms with Crippen LogP contribution in [0.25, 0.3) is 0 Å². The minimum Gasteiger partial charge on any atom is -0.454 e. The number of ether oxygens (including phenoxy) is 1. The Labute approximate surface area is 127 Å². The lowest BCUT2D eigenvalue weighted by Gasteiger charge is -2.10. The lowest BCUT2D eigenvalue weighted by Crippen LogP contribution is -2.14. The third-order valence-corrected chi connectivity index (χ3v) is 3.92. The molecule has 0 saturated heterocycles. The molecule has 0 bridgehead atoms. The van der Waals surface area contributed by atoms with Crippen LogP contribution in [-0.4, -0.2) is 8.42 Å². The molecule has 0 fully saturated rings. The van der Waals surface area contributed by atoms with Crippen LogP contribution in [0.15, 0.2) is 39.7 Å². The van der Waals surface area contributed by atoms with Gasteiger partial charge in [-0.25, -0.2) is 17.9 Å². The van der Waals surface area contributed by atoms with Crippen LogP contribution in [-0.2, 0) is 10.0 Å². The minimum absolute atomic E-state index is 0.0382. The first kappa shape index (κ1) is 15.7. The van der Waals surface area contributed by atoms with E-state index in [0.717, 1.165) is 18.2 Å². The standard InChI is InChI=1S/C12H9BrF2N2O3S/c13-6-3-8(14)12(15)10(4-6)20-7-1-2-11(9(16)5-7)21(17,18)19/h1-5H,16H2,(H2,17,18,19). The summed E-state index contributed by atoms with van der Waals surface area (Å²) in [5.41, 5.74) is 5.38. The molecule has 0 aliphatic rings. The molecule has 0 unspecified atom stereocenters. The second-order valence-corrected chi connectivity index (χ2v) is 6.49. The summed E-state index contributed by atoms with van der Waals surface area (Å²) in [6.07, 6.45) is 0. The van der Waals surface area contributed by atoms with E-state index in [1.54, 1.807) is 0 Å². The van der Waals surface area contributed by atoms with E-state index >= 15 is 0 Å². The molecule has 4 N–H and O–H groups in total. The number of primary sulfonamides is 1. The van der Waals surface area contributed by atoms with Gasteiger partial charge in [-0.3, -0.25) is 0 Å². The number of sulfonamides is 1. The lowest BCUT2D eigenvalue weighted by molar-refractivity contribution is 0.415. The predicted octanol–water partition coefficient (Wildman–Crippen LogP) is 2.75. The molecule has 0 atom stereocenters. The van der Waals surface area contributed by atoms with E-state index in [-0.39, 0.29) is 26.6 Å². The maximum absolute atomic E-state index is 13.6. The number of anilines is 1. The Morgan fingerprint density at radius 1 is 1.14 bits per heavy atom. The third-order valence-electron chi connectivity index (χ3n) is 2.48. The van der Waals surface area contributed by atoms with E-state index in [2.05, 4.69) is 15.9 Å². The fourth-order valence-electron chi connectivity index (χ4n) is 1.58. The molecule has 0 aromatic heterocycles. The second kappa shape index (κ2) is 5.58. The fraction of sp³-hybridized carbons (Fsp3) is 0. The van der Waals surface area contributed by atoms with Gasteiger partial charge in [0, 0.05) is 10.5 Å². The van der Waals surface area contributed by atoms with E-state index in [1.807, 2.05) is 0 Å². The molecule has 0 spiro atoms. The van der Waals surface area contributed by atoms with Gasteiger partial charge in [0.2, 0.25) is 15.8 Å². The van der Waals surface area contributed by atoms with Gasteiger partial charge in [0.25, 0.3) is 0 Å². The van der Waals surface area contributed by atoms with Crippen molar-refractivity contribution in [2.75, 3.05) is 5.73 Å². The van der Waals surface area contributed by atoms with Gasteiger partial charge in [0.1, 0.15) is 10.6 Å². The van der Waals surface area contributed by atoms with Crippen molar-refractivity contribution in [2.24, 2.45) is 5.14 Å². The van der Waals surface area contributed by atoms with E-state index in [9.17, 15) is 17.2 Å². The third kappa shape index (κ3) is 3.49. The lowest BCUT2D eigenvalue weighted by atomic mass is 10.3. The zero-order valence-electron chi connectivity index (χ0n) is 10.3. The van der Waals surface area contributed by atoms with Crippen molar-refractivity contribution in [1.82, 2.24) is 0 Å². The van der Waals surface area contributed by atoms with E-state index in [1.165, 1.54) is 12.1 Å². The molecule has 112 valence electrons. The molecule has 2 aromatic rings. The number of hydrogen-bond donors (Lipinski definition) is 2. The minimum atomic E-state index is -3.97. The van der Waals surface area contributed by atoms with Gasteiger partial charge in [-0.1, -0.05) is 15.9 Å². The zero-order valence-corrected chi connectivity index (χ0v) is 12.7. The molecule has 0 amide bonds. The fourth-order valence-corrected chi connectivity index (χ4v) is 2.64. The first-order chi connectivity index (χ1) is 9.68. The summed E-state index contributed by atoms with van der Waals surface area (Å²) in [6.45, 7) is 0. The first-order valence-electron chi connectivity index (χ1n) is 5.43. The highest BCUT2D eigenvalue weighted by Crippen LogP contribution is 2.31. The van der Waals surface area contributed by atoms with Gasteiger partial charge >= 0.3 is 0 Å². The Morgan fingerprint density at radius 2 is 1.81 bits per heavy atom. The molecule has 2 aromatic carbocycles. The Kier molecular flexibility index (Phi) is 4.17. The van der Waals surface area contributed by atoms with Crippen molar-refractivity contribution in [1.29, 1.82) is 0 Å². The smallest absolute Gasteiger partial charge is 0.240 e. The summed E-state index contributed by atoms with van der Waals surface area (Å²) in [4.78, 5) is -0.282. The SMILES string of the molecule is Nc1cc(Oc2cc(Br)cc(F)c2F)ccc1S(N)(=O)=O. The Balaban J connectivity index is 2.40. The van der Waals surface area contributed by atoms with Crippen molar-refractivity contribution in [2.45, 2.75) is 4.90 Å². The van der Waals surface area contributed by atoms with Crippen molar-refractivity contribution < 1.29 is 21.9 Å². The summed E-state index contributed by atoms with van der Waals surface area (Å²) < 4.78 is 54.7. The van der Waals surface area contributed by atoms with E-state index < -0.39 is 21.7 Å². The van der Waals surface area contributed by atoms with Crippen molar-refractivity contribution >= 4 is 31.6 Å². The van der Waals surface area contributed by atoms with Crippen molar-refractivity contribution in [3.8, 4) is 11.5 Å². The Bertz CT molecular complexity index is 812. The summed E-state index contributed by atoms with van der Waals surface area (Å²) in [7, 11) is -3.97. The average molecular weight is 379 g/mol. The molecule has 21 heavy (non-hydrogen) atoms. The molecule has 0 heterocycles. The number of halogens is 3. The number of rotatable bonds is 3. The molecular formula is C12H9BrF2N2O3S. The zero-order chi connectivity index (χ0) is 15.8. The maximum atomic E-state index is 13.6. The topological polar surface area (TPSA) is 95.4 Å². The van der Waals surface area contributed by atoms with Crippen LogP contribution in [0.3, 0.4) is 0 Å². The summed E-state index contributed by atoms with van der Waals surface area (Å²) in [5.74, 6) is -2.60. The maximum Gasteiger partial charge on any atom is 0.240 e. The van der Waals surface area contributed by atoms with Gasteiger partial charge < -0.3 is 10.5 Å². The predicted molar refractivity (Wildman–Crippen MR) is 76.4 cm³/mol. The van der Waals surface area contributed by atoms with Crippen LogP contribution in [0, 0.1) is 11.6 Å². The van der Waals surface area contributed by atoms with Gasteiger partial charge in [0.05, 0.1) is 5.69 Å². The molecule has 9 heteroatoms. The quantitative estimate of drug-likeness (QED) is 0.633. The monoisotopic (exact) mass is 378 g/mol. The van der Waals surface area contributed by atoms with E-state index in [4.69, 9.17) is 15.6 Å². The number of hydrogen-bond acceptors (Lipinski definition) is 4. The number of benzene rings is 2. The molecular weight excluding hydrogens is 370 g/mol. The summed E-state index contributed by atoms with van der Waals surface area (Å²) in [5, 5.41) is 4.96. The summed E-state index contributed by atoms with van der Waals surface area (Å²) >= 11 is 3.01. The molecule has 2 rings (SSSR count). The van der Waals surface area contributed by atoms with Crippen LogP contribution in [0.5, 0.6) is 11.5 Å². The Morgan fingerprint density at radius 3 is 2.38 bits per heavy atom. The summed E-state index contributed by atoms with van der Waals surface area (Å²) in [6, 6.07) is 5.67. The normalized spacial score (nSPS) is 11.4. The highest BCUT2D eigenvalue weighted by Gasteiger charge is 2.15. The van der Waals surface area contributed by atoms with Gasteiger partial charge in [-0.2, -0.15) is 4.39 Å². The highest BCUT2D eigenvalue weighted by molar-refractivity contribution is 9.10. The van der Waals surface area contributed by atoms with Crippen molar-refractivity contribution in [3.05, 3.63) is 46.4 Å². The first-order valence-corrected chi connectivity index (χ1v) is 7.77. The average Bonchev–Trinajstić information content (AvgIpc) is 2.33. The van der Waals surface area contributed by atoms with Crippen LogP contribution >= 0.6 is 15.9 Å². The molecule has 0 radical (unpaired) electrons. The molecule has 0 aliphatic carbocycles. The van der Waals surface area contributed by atoms with Crippen LogP contribution in [0.4, 0.5) is 14.5 Å². The van der Waals surface area contributed by atoms with Gasteiger partial charge in [0.15, 0.2) is 11.6 Å². The van der Waals surface area contributed by atoms with Crippen LogP contribution in [0.2, 0.25) is 0 Å². The van der Waals surface area contributed by atoms with Crippen LogP contribution in [0.1, 0.15) is 0 Å². The molecule has 0 saturated carbocycles. The van der Waals surface area contributed by atoms with E-state index in [0.29, 0.717) is 0 Å². The van der Waals surface area contributed by atoms with Gasteiger partial charge in [-0.05, 0) is 24.3 Å². The van der Waals surface area contributed by atoms with Crippen LogP contribution < -0.4 is 15.6 Å². The largest absolute Gasteiger partial charge is 0.454 e. The molecule has 0 aliphatic heterocycles. The number of nitrogen functional groups attached to an aromatic ring is 1. The Hall–Kier alpha value is -1.71.